The number of imide groups is 1. The minimum Gasteiger partial charge on any atom is -0.481 e. The number of hydrogen-bond acceptors (Lipinski definition) is 5. The number of likely N-dealkylation sites (tertiary alicyclic amines) is 1. The van der Waals surface area contributed by atoms with Gasteiger partial charge in [-0.2, -0.15) is 0 Å². The SMILES string of the molecule is Cc1cc(Cl)cc2c1NC(=O)[C@@]21N[C@H](CCC(=O)O)[C@H]2C(=O)N(CCc3ccccc3)C(=O)[C@H]21. The number of halogens is 1. The van der Waals surface area contributed by atoms with Crippen LogP contribution in [0, 0.1) is 18.8 Å². The molecule has 3 amide bonds. The smallest absolute Gasteiger partial charge is 0.303 e. The summed E-state index contributed by atoms with van der Waals surface area (Å²) in [4.78, 5) is 53.3. The third kappa shape index (κ3) is 3.32. The van der Waals surface area contributed by atoms with Gasteiger partial charge in [-0.05, 0) is 43.0 Å². The highest BCUT2D eigenvalue weighted by molar-refractivity contribution is 6.31. The van der Waals surface area contributed by atoms with Gasteiger partial charge in [0.15, 0.2) is 0 Å². The highest BCUT2D eigenvalue weighted by Crippen LogP contribution is 2.54. The number of carboxylic acid groups (broad SMARTS) is 1. The van der Waals surface area contributed by atoms with Crippen LogP contribution in [0.3, 0.4) is 0 Å². The van der Waals surface area contributed by atoms with Crippen molar-refractivity contribution in [3.63, 3.8) is 0 Å². The van der Waals surface area contributed by atoms with Gasteiger partial charge >= 0.3 is 5.97 Å². The molecule has 3 N–H and O–H groups in total. The van der Waals surface area contributed by atoms with E-state index < -0.39 is 41.2 Å². The number of carbonyl (C=O) groups excluding carboxylic acids is 3. The molecule has 5 rings (SSSR count). The number of fused-ring (bicyclic) bond motifs is 4. The van der Waals surface area contributed by atoms with E-state index in [1.165, 1.54) is 4.90 Å². The number of aryl methyl sites for hydroxylation is 1. The maximum atomic E-state index is 13.7. The van der Waals surface area contributed by atoms with Crippen LogP contribution >= 0.6 is 11.6 Å². The predicted molar refractivity (Wildman–Crippen MR) is 124 cm³/mol. The first-order chi connectivity index (χ1) is 16.2. The van der Waals surface area contributed by atoms with Crippen LogP contribution in [0.15, 0.2) is 42.5 Å². The second-order valence-electron chi connectivity index (χ2n) is 9.16. The minimum absolute atomic E-state index is 0.117. The summed E-state index contributed by atoms with van der Waals surface area (Å²) in [5.41, 5.74) is 1.36. The van der Waals surface area contributed by atoms with E-state index in [9.17, 15) is 24.3 Å². The molecule has 3 heterocycles. The first-order valence-electron chi connectivity index (χ1n) is 11.2. The lowest BCUT2D eigenvalue weighted by molar-refractivity contribution is -0.143. The van der Waals surface area contributed by atoms with Gasteiger partial charge < -0.3 is 10.4 Å². The van der Waals surface area contributed by atoms with Gasteiger partial charge in [0.05, 0.1) is 11.8 Å². The third-order valence-corrected chi connectivity index (χ3v) is 7.43. The summed E-state index contributed by atoms with van der Waals surface area (Å²) >= 11 is 6.32. The van der Waals surface area contributed by atoms with E-state index in [1.807, 2.05) is 37.3 Å². The Balaban J connectivity index is 1.55. The molecule has 8 nitrogen and oxygen atoms in total. The van der Waals surface area contributed by atoms with Gasteiger partial charge in [0.25, 0.3) is 0 Å². The van der Waals surface area contributed by atoms with Crippen LogP contribution < -0.4 is 10.6 Å². The number of nitrogens with one attached hydrogen (secondary N) is 2. The monoisotopic (exact) mass is 481 g/mol. The predicted octanol–water partition coefficient (Wildman–Crippen LogP) is 2.48. The van der Waals surface area contributed by atoms with Crippen LogP contribution in [0.2, 0.25) is 5.02 Å². The first kappa shape index (κ1) is 22.6. The van der Waals surface area contributed by atoms with Crippen molar-refractivity contribution >= 4 is 41.0 Å². The van der Waals surface area contributed by atoms with E-state index in [0.29, 0.717) is 22.7 Å². The van der Waals surface area contributed by atoms with Crippen molar-refractivity contribution in [1.82, 2.24) is 10.2 Å². The molecule has 2 aromatic rings. The highest BCUT2D eigenvalue weighted by atomic mass is 35.5. The molecule has 9 heteroatoms. The quantitative estimate of drug-likeness (QED) is 0.546. The molecule has 4 atom stereocenters. The normalized spacial score (nSPS) is 27.3. The molecule has 0 aliphatic carbocycles. The van der Waals surface area contributed by atoms with Crippen LogP contribution in [0.4, 0.5) is 5.69 Å². The number of nitrogens with zero attached hydrogens (tertiary/aromatic N) is 1. The molecule has 3 aliphatic heterocycles. The topological polar surface area (TPSA) is 116 Å². The largest absolute Gasteiger partial charge is 0.481 e. The summed E-state index contributed by atoms with van der Waals surface area (Å²) in [7, 11) is 0. The Morgan fingerprint density at radius 2 is 1.88 bits per heavy atom. The van der Waals surface area contributed by atoms with Crippen LogP contribution in [0.1, 0.15) is 29.5 Å². The van der Waals surface area contributed by atoms with Crippen molar-refractivity contribution in [2.75, 3.05) is 11.9 Å². The van der Waals surface area contributed by atoms with E-state index in [0.717, 1.165) is 11.1 Å². The third-order valence-electron chi connectivity index (χ3n) is 7.21. The van der Waals surface area contributed by atoms with Gasteiger partial charge in [0, 0.05) is 35.3 Å². The van der Waals surface area contributed by atoms with Crippen LogP contribution in [0.25, 0.3) is 0 Å². The summed E-state index contributed by atoms with van der Waals surface area (Å²) in [5.74, 6) is -4.03. The maximum Gasteiger partial charge on any atom is 0.303 e. The van der Waals surface area contributed by atoms with Gasteiger partial charge in [0.1, 0.15) is 5.54 Å². The molecule has 0 saturated carbocycles. The standard InChI is InChI=1S/C25H24ClN3O5/c1-13-11-15(26)12-16-21(13)27-24(34)25(16)20-19(17(28-25)7-8-18(30)31)22(32)29(23(20)33)10-9-14-5-3-2-4-6-14/h2-6,11-12,17,19-20,28H,7-10H2,1H3,(H,27,34)(H,30,31)/t17-,19-,20+,25-/m1/s1. The van der Waals surface area contributed by atoms with Crippen LogP contribution in [-0.4, -0.2) is 46.3 Å². The van der Waals surface area contributed by atoms with E-state index in [2.05, 4.69) is 10.6 Å². The Hall–Kier alpha value is -3.23. The summed E-state index contributed by atoms with van der Waals surface area (Å²) in [6, 6.07) is 12.3. The van der Waals surface area contributed by atoms with Gasteiger partial charge in [-0.3, -0.25) is 29.4 Å². The maximum absolute atomic E-state index is 13.7. The highest BCUT2D eigenvalue weighted by Gasteiger charge is 2.70. The number of amides is 3. The zero-order chi connectivity index (χ0) is 24.2. The summed E-state index contributed by atoms with van der Waals surface area (Å²) in [6.07, 6.45) is 0.420. The Kier molecular flexibility index (Phi) is 5.45. The van der Waals surface area contributed by atoms with Crippen molar-refractivity contribution in [3.05, 3.63) is 64.2 Å². The second-order valence-corrected chi connectivity index (χ2v) is 9.59. The van der Waals surface area contributed by atoms with Crippen molar-refractivity contribution in [2.45, 2.75) is 37.8 Å². The lowest BCUT2D eigenvalue weighted by Crippen LogP contribution is -2.53. The molecule has 0 bridgehead atoms. The van der Waals surface area contributed by atoms with Crippen molar-refractivity contribution in [2.24, 2.45) is 11.8 Å². The van der Waals surface area contributed by atoms with Crippen LogP contribution in [-0.2, 0) is 31.1 Å². The van der Waals surface area contributed by atoms with E-state index in [4.69, 9.17) is 11.6 Å². The molecule has 176 valence electrons. The average molecular weight is 482 g/mol. The summed E-state index contributed by atoms with van der Waals surface area (Å²) in [6.45, 7) is 2.01. The number of carboxylic acids is 1. The fourth-order valence-corrected chi connectivity index (χ4v) is 6.00. The fraction of sp³-hybridized carbons (Fsp3) is 0.360. The molecular weight excluding hydrogens is 458 g/mol. The molecule has 0 unspecified atom stereocenters. The molecule has 1 spiro atoms. The molecule has 2 saturated heterocycles. The van der Waals surface area contributed by atoms with Gasteiger partial charge in [0.2, 0.25) is 17.7 Å². The van der Waals surface area contributed by atoms with Crippen LogP contribution in [0.5, 0.6) is 0 Å². The molecule has 3 aliphatic rings. The minimum atomic E-state index is -1.48. The summed E-state index contributed by atoms with van der Waals surface area (Å²) < 4.78 is 0. The van der Waals surface area contributed by atoms with Gasteiger partial charge in [-0.15, -0.1) is 0 Å². The molecule has 0 aromatic heterocycles. The van der Waals surface area contributed by atoms with Crippen molar-refractivity contribution < 1.29 is 24.3 Å². The van der Waals surface area contributed by atoms with E-state index >= 15 is 0 Å². The van der Waals surface area contributed by atoms with Gasteiger partial charge in [-0.1, -0.05) is 41.9 Å². The number of rotatable bonds is 6. The molecule has 2 fully saturated rings. The number of aliphatic carboxylic acids is 1. The lowest BCUT2D eigenvalue weighted by atomic mass is 9.76. The fourth-order valence-electron chi connectivity index (χ4n) is 5.73. The zero-order valence-corrected chi connectivity index (χ0v) is 19.3. The Bertz CT molecular complexity index is 1220. The van der Waals surface area contributed by atoms with Crippen molar-refractivity contribution in [1.29, 1.82) is 0 Å². The number of benzene rings is 2. The molecule has 34 heavy (non-hydrogen) atoms. The number of anilines is 1. The molecule has 2 aromatic carbocycles. The summed E-state index contributed by atoms with van der Waals surface area (Å²) in [5, 5.41) is 15.8. The Labute approximate surface area is 201 Å². The average Bonchev–Trinajstić information content (AvgIpc) is 3.37. The number of carbonyl (C=O) groups is 4. The second kappa shape index (κ2) is 8.21. The van der Waals surface area contributed by atoms with Crippen molar-refractivity contribution in [3.8, 4) is 0 Å². The first-order valence-corrected chi connectivity index (χ1v) is 11.6. The molecular formula is C25H24ClN3O5. The Morgan fingerprint density at radius 1 is 1.15 bits per heavy atom. The van der Waals surface area contributed by atoms with Gasteiger partial charge in [-0.25, -0.2) is 0 Å². The zero-order valence-electron chi connectivity index (χ0n) is 18.5. The number of hydrogen-bond donors (Lipinski definition) is 3. The van der Waals surface area contributed by atoms with E-state index in [-0.39, 0.29) is 25.3 Å². The lowest BCUT2D eigenvalue weighted by Gasteiger charge is -2.29. The Morgan fingerprint density at radius 3 is 2.59 bits per heavy atom. The molecule has 0 radical (unpaired) electrons. The van der Waals surface area contributed by atoms with E-state index in [1.54, 1.807) is 12.1 Å².